The largest absolute Gasteiger partial charge is 0.322 e. The molecule has 0 unspecified atom stereocenters. The van der Waals surface area contributed by atoms with Gasteiger partial charge in [-0.05, 0) is 36.4 Å². The number of rotatable bonds is 5. The Balaban J connectivity index is 1.88. The molecule has 0 saturated carbocycles. The highest BCUT2D eigenvalue weighted by atomic mass is 35.5. The standard InChI is InChI=1S/C16H24ClN3OS/c1-3-13-12-14(17)4-5-15(13)18-16(21)20-8-6-19(7-9-20)10-11-22-2/h4-5,12H,3,6-11H2,1-2H3,(H,18,21). The van der Waals surface area contributed by atoms with E-state index in [0.29, 0.717) is 5.02 Å². The minimum Gasteiger partial charge on any atom is -0.322 e. The third kappa shape index (κ3) is 4.80. The number of carbonyl (C=O) groups excluding carboxylic acids is 1. The first kappa shape index (κ1) is 17.4. The molecule has 0 radical (unpaired) electrons. The fraction of sp³-hybridized carbons (Fsp3) is 0.562. The van der Waals surface area contributed by atoms with Crippen LogP contribution in [0.5, 0.6) is 0 Å². The Kier molecular flexibility index (Phi) is 6.86. The molecule has 0 aliphatic carbocycles. The fourth-order valence-corrected chi connectivity index (χ4v) is 3.20. The van der Waals surface area contributed by atoms with E-state index in [1.807, 2.05) is 34.9 Å². The predicted octanol–water partition coefficient (Wildman–Crippen LogP) is 3.41. The minimum absolute atomic E-state index is 0.0125. The first-order valence-electron chi connectivity index (χ1n) is 7.69. The van der Waals surface area contributed by atoms with Crippen LogP contribution in [0.3, 0.4) is 0 Å². The maximum atomic E-state index is 12.4. The van der Waals surface area contributed by atoms with Crippen molar-refractivity contribution in [2.45, 2.75) is 13.3 Å². The van der Waals surface area contributed by atoms with Gasteiger partial charge in [-0.3, -0.25) is 4.90 Å². The summed E-state index contributed by atoms with van der Waals surface area (Å²) in [6, 6.07) is 5.60. The number of carbonyl (C=O) groups is 1. The average molecular weight is 342 g/mol. The van der Waals surface area contributed by atoms with Crippen LogP contribution < -0.4 is 5.32 Å². The summed E-state index contributed by atoms with van der Waals surface area (Å²) >= 11 is 7.87. The molecule has 4 nitrogen and oxygen atoms in total. The monoisotopic (exact) mass is 341 g/mol. The lowest BCUT2D eigenvalue weighted by atomic mass is 10.1. The zero-order chi connectivity index (χ0) is 15.9. The van der Waals surface area contributed by atoms with Crippen LogP contribution in [0.25, 0.3) is 0 Å². The number of hydrogen-bond acceptors (Lipinski definition) is 3. The highest BCUT2D eigenvalue weighted by Crippen LogP contribution is 2.21. The second kappa shape index (κ2) is 8.65. The molecule has 0 bridgehead atoms. The zero-order valence-electron chi connectivity index (χ0n) is 13.3. The van der Waals surface area contributed by atoms with Gasteiger partial charge in [0, 0.05) is 49.2 Å². The molecule has 1 N–H and O–H groups in total. The number of benzene rings is 1. The van der Waals surface area contributed by atoms with E-state index in [2.05, 4.69) is 23.4 Å². The summed E-state index contributed by atoms with van der Waals surface area (Å²) in [5.41, 5.74) is 1.93. The molecule has 2 amide bonds. The third-order valence-electron chi connectivity index (χ3n) is 3.96. The lowest BCUT2D eigenvalue weighted by Crippen LogP contribution is -2.50. The number of piperazine rings is 1. The molecule has 1 aliphatic rings. The van der Waals surface area contributed by atoms with Crippen LogP contribution in [0.2, 0.25) is 5.02 Å². The van der Waals surface area contributed by atoms with E-state index in [-0.39, 0.29) is 6.03 Å². The Labute approximate surface area is 142 Å². The van der Waals surface area contributed by atoms with E-state index in [4.69, 9.17) is 11.6 Å². The fourth-order valence-electron chi connectivity index (χ4n) is 2.57. The number of nitrogens with one attached hydrogen (secondary N) is 1. The maximum absolute atomic E-state index is 12.4. The Morgan fingerprint density at radius 2 is 2.05 bits per heavy atom. The molecule has 0 spiro atoms. The molecule has 22 heavy (non-hydrogen) atoms. The van der Waals surface area contributed by atoms with Gasteiger partial charge in [-0.15, -0.1) is 0 Å². The summed E-state index contributed by atoms with van der Waals surface area (Å²) in [5, 5.41) is 3.73. The molecule has 1 heterocycles. The van der Waals surface area contributed by atoms with Crippen LogP contribution >= 0.6 is 23.4 Å². The topological polar surface area (TPSA) is 35.6 Å². The Morgan fingerprint density at radius 3 is 2.68 bits per heavy atom. The molecule has 1 aliphatic heterocycles. The summed E-state index contributed by atoms with van der Waals surface area (Å²) in [5.74, 6) is 1.15. The van der Waals surface area contributed by atoms with Gasteiger partial charge in [0.25, 0.3) is 0 Å². The molecule has 0 aromatic heterocycles. The molecular formula is C16H24ClN3OS. The van der Waals surface area contributed by atoms with Gasteiger partial charge in [-0.25, -0.2) is 4.79 Å². The number of halogens is 1. The number of aryl methyl sites for hydroxylation is 1. The van der Waals surface area contributed by atoms with Gasteiger partial charge >= 0.3 is 6.03 Å². The van der Waals surface area contributed by atoms with Crippen molar-refractivity contribution in [3.63, 3.8) is 0 Å². The molecule has 6 heteroatoms. The Bertz CT molecular complexity index is 504. The van der Waals surface area contributed by atoms with Crippen molar-refractivity contribution in [2.75, 3.05) is 50.0 Å². The normalized spacial score (nSPS) is 15.9. The van der Waals surface area contributed by atoms with Crippen molar-refractivity contribution in [1.82, 2.24) is 9.80 Å². The van der Waals surface area contributed by atoms with Crippen molar-refractivity contribution in [3.05, 3.63) is 28.8 Å². The number of hydrogen-bond donors (Lipinski definition) is 1. The number of thioether (sulfide) groups is 1. The van der Waals surface area contributed by atoms with Crippen LogP contribution in [0.1, 0.15) is 12.5 Å². The maximum Gasteiger partial charge on any atom is 0.321 e. The number of nitrogens with zero attached hydrogens (tertiary/aromatic N) is 2. The molecule has 2 rings (SSSR count). The zero-order valence-corrected chi connectivity index (χ0v) is 14.8. The van der Waals surface area contributed by atoms with E-state index in [0.717, 1.165) is 56.1 Å². The number of amides is 2. The molecule has 1 aromatic carbocycles. The van der Waals surface area contributed by atoms with Crippen molar-refractivity contribution in [2.24, 2.45) is 0 Å². The van der Waals surface area contributed by atoms with E-state index >= 15 is 0 Å². The molecule has 1 aromatic rings. The van der Waals surface area contributed by atoms with Gasteiger partial charge < -0.3 is 10.2 Å². The van der Waals surface area contributed by atoms with Crippen LogP contribution in [-0.2, 0) is 6.42 Å². The second-order valence-corrected chi connectivity index (χ2v) is 6.83. The molecular weight excluding hydrogens is 318 g/mol. The van der Waals surface area contributed by atoms with E-state index < -0.39 is 0 Å². The van der Waals surface area contributed by atoms with Gasteiger partial charge in [0.1, 0.15) is 0 Å². The first-order valence-corrected chi connectivity index (χ1v) is 9.47. The number of anilines is 1. The first-order chi connectivity index (χ1) is 10.6. The van der Waals surface area contributed by atoms with E-state index in [1.54, 1.807) is 0 Å². The van der Waals surface area contributed by atoms with Gasteiger partial charge in [0.05, 0.1) is 0 Å². The van der Waals surface area contributed by atoms with Gasteiger partial charge in [0.15, 0.2) is 0 Å². The molecule has 0 atom stereocenters. The van der Waals surface area contributed by atoms with E-state index in [9.17, 15) is 4.79 Å². The average Bonchev–Trinajstić information content (AvgIpc) is 2.54. The quantitative estimate of drug-likeness (QED) is 0.891. The van der Waals surface area contributed by atoms with Gasteiger partial charge in [-0.2, -0.15) is 11.8 Å². The highest BCUT2D eigenvalue weighted by molar-refractivity contribution is 7.98. The van der Waals surface area contributed by atoms with Crippen LogP contribution in [0.15, 0.2) is 18.2 Å². The molecule has 1 fully saturated rings. The lowest BCUT2D eigenvalue weighted by Gasteiger charge is -2.34. The third-order valence-corrected chi connectivity index (χ3v) is 4.79. The summed E-state index contributed by atoms with van der Waals surface area (Å²) in [6.07, 6.45) is 2.97. The van der Waals surface area contributed by atoms with Crippen molar-refractivity contribution >= 4 is 35.1 Å². The molecule has 122 valence electrons. The summed E-state index contributed by atoms with van der Waals surface area (Å²) in [6.45, 7) is 6.65. The predicted molar refractivity (Wildman–Crippen MR) is 96.2 cm³/mol. The minimum atomic E-state index is -0.0125. The summed E-state index contributed by atoms with van der Waals surface area (Å²) in [7, 11) is 0. The van der Waals surface area contributed by atoms with Crippen LogP contribution in [-0.4, -0.2) is 60.6 Å². The van der Waals surface area contributed by atoms with Gasteiger partial charge in [-0.1, -0.05) is 18.5 Å². The smallest absolute Gasteiger partial charge is 0.321 e. The Morgan fingerprint density at radius 1 is 1.32 bits per heavy atom. The van der Waals surface area contributed by atoms with Gasteiger partial charge in [0.2, 0.25) is 0 Å². The SMILES string of the molecule is CCc1cc(Cl)ccc1NC(=O)N1CCN(CCSC)CC1. The second-order valence-electron chi connectivity index (χ2n) is 5.41. The van der Waals surface area contributed by atoms with E-state index in [1.165, 1.54) is 0 Å². The lowest BCUT2D eigenvalue weighted by molar-refractivity contribution is 0.152. The van der Waals surface area contributed by atoms with Crippen LogP contribution in [0, 0.1) is 0 Å². The van der Waals surface area contributed by atoms with Crippen molar-refractivity contribution < 1.29 is 4.79 Å². The summed E-state index contributed by atoms with van der Waals surface area (Å²) < 4.78 is 0. The molecule has 1 saturated heterocycles. The summed E-state index contributed by atoms with van der Waals surface area (Å²) in [4.78, 5) is 16.7. The van der Waals surface area contributed by atoms with Crippen LogP contribution in [0.4, 0.5) is 10.5 Å². The van der Waals surface area contributed by atoms with Crippen molar-refractivity contribution in [3.8, 4) is 0 Å². The highest BCUT2D eigenvalue weighted by Gasteiger charge is 2.21. The number of urea groups is 1. The Hall–Kier alpha value is -0.910. The van der Waals surface area contributed by atoms with Crippen molar-refractivity contribution in [1.29, 1.82) is 0 Å².